The molecule has 0 amide bonds. The molecule has 3 N–H and O–H groups in total. The number of carbonyl (C=O) groups is 1. The van der Waals surface area contributed by atoms with Crippen LogP contribution in [0.1, 0.15) is 77.6 Å². The average molecular weight is 317 g/mol. The lowest BCUT2D eigenvalue weighted by Crippen LogP contribution is -2.33. The summed E-state index contributed by atoms with van der Waals surface area (Å²) in [6.45, 7) is 3.34. The Balaban J connectivity index is 3.52. The summed E-state index contributed by atoms with van der Waals surface area (Å²) in [5.74, 6) is -0.862. The highest BCUT2D eigenvalue weighted by atomic mass is 16.5. The molecule has 0 aromatic rings. The largest absolute Gasteiger partial charge is 0.480 e. The van der Waals surface area contributed by atoms with Crippen LogP contribution in [-0.2, 0) is 4.79 Å². The van der Waals surface area contributed by atoms with Gasteiger partial charge in [0.05, 0.1) is 6.54 Å². The molecule has 0 unspecified atom stereocenters. The molecular weight excluding hydrogens is 282 g/mol. The monoisotopic (exact) mass is 317 g/mol. The number of unbranched alkanes of at least 4 members (excludes halogenated alkanes) is 9. The molecule has 0 spiro atoms. The lowest BCUT2D eigenvalue weighted by molar-refractivity contribution is -0.138. The second kappa shape index (κ2) is 15.3. The van der Waals surface area contributed by atoms with Crippen LogP contribution in [0, 0.1) is 0 Å². The fourth-order valence-corrected chi connectivity index (χ4v) is 2.58. The summed E-state index contributed by atoms with van der Waals surface area (Å²) in [5, 5.41) is 26.6. The molecule has 0 radical (unpaired) electrons. The van der Waals surface area contributed by atoms with Crippen LogP contribution < -0.4 is 0 Å². The topological polar surface area (TPSA) is 81.0 Å². The Bertz CT molecular complexity index is 259. The van der Waals surface area contributed by atoms with Crippen LogP contribution in [0.3, 0.4) is 0 Å². The van der Waals surface area contributed by atoms with Gasteiger partial charge in [0.1, 0.15) is 0 Å². The summed E-state index contributed by atoms with van der Waals surface area (Å²) in [5.41, 5.74) is 0. The van der Waals surface area contributed by atoms with E-state index in [1.807, 2.05) is 0 Å². The third kappa shape index (κ3) is 15.7. The maximum absolute atomic E-state index is 10.8. The summed E-state index contributed by atoms with van der Waals surface area (Å²) in [4.78, 5) is 12.6. The summed E-state index contributed by atoms with van der Waals surface area (Å²) < 4.78 is 0. The summed E-state index contributed by atoms with van der Waals surface area (Å²) >= 11 is 0. The lowest BCUT2D eigenvalue weighted by atomic mass is 10.1. The number of carboxylic acids is 1. The Morgan fingerprint density at radius 3 is 1.82 bits per heavy atom. The quantitative estimate of drug-likeness (QED) is 0.301. The Hall–Kier alpha value is -0.650. The van der Waals surface area contributed by atoms with E-state index in [-0.39, 0.29) is 13.0 Å². The standard InChI is InChI=1S/C17H35NO4/c1-2-3-4-5-6-7-8-9-10-11-13-18(15-17(21)22)14-12-16(19)20/h16,19-20H,2-15H2,1H3,(H,21,22). The smallest absolute Gasteiger partial charge is 0.317 e. The molecule has 0 bridgehead atoms. The van der Waals surface area contributed by atoms with E-state index in [4.69, 9.17) is 15.3 Å². The van der Waals surface area contributed by atoms with Gasteiger partial charge in [-0.25, -0.2) is 0 Å². The zero-order valence-electron chi connectivity index (χ0n) is 14.2. The first kappa shape index (κ1) is 21.4. The van der Waals surface area contributed by atoms with Gasteiger partial charge in [-0.1, -0.05) is 64.7 Å². The Labute approximate surface area is 135 Å². The maximum Gasteiger partial charge on any atom is 0.317 e. The van der Waals surface area contributed by atoms with Crippen molar-refractivity contribution in [2.24, 2.45) is 0 Å². The number of aliphatic carboxylic acids is 1. The Morgan fingerprint density at radius 1 is 0.864 bits per heavy atom. The number of hydrogen-bond donors (Lipinski definition) is 3. The second-order valence-electron chi connectivity index (χ2n) is 6.12. The van der Waals surface area contributed by atoms with Gasteiger partial charge in [-0.15, -0.1) is 0 Å². The van der Waals surface area contributed by atoms with Crippen molar-refractivity contribution in [1.82, 2.24) is 4.90 Å². The third-order valence-corrected chi connectivity index (χ3v) is 3.89. The first-order valence-corrected chi connectivity index (χ1v) is 8.86. The molecule has 0 aliphatic heterocycles. The molecule has 5 nitrogen and oxygen atoms in total. The molecule has 132 valence electrons. The molecule has 0 aliphatic rings. The van der Waals surface area contributed by atoms with Crippen molar-refractivity contribution in [2.75, 3.05) is 19.6 Å². The van der Waals surface area contributed by atoms with Crippen LogP contribution in [0.5, 0.6) is 0 Å². The van der Waals surface area contributed by atoms with Gasteiger partial charge in [0, 0.05) is 13.0 Å². The number of nitrogens with zero attached hydrogens (tertiary/aromatic N) is 1. The van der Waals surface area contributed by atoms with E-state index in [1.54, 1.807) is 4.90 Å². The number of aliphatic hydroxyl groups excluding tert-OH is 1. The van der Waals surface area contributed by atoms with Crippen molar-refractivity contribution < 1.29 is 20.1 Å². The van der Waals surface area contributed by atoms with Gasteiger partial charge in [-0.2, -0.15) is 0 Å². The number of carboxylic acid groups (broad SMARTS) is 1. The molecule has 0 saturated carbocycles. The minimum Gasteiger partial charge on any atom is -0.480 e. The molecule has 5 heteroatoms. The zero-order valence-corrected chi connectivity index (χ0v) is 14.2. The van der Waals surface area contributed by atoms with Gasteiger partial charge in [0.25, 0.3) is 0 Å². The van der Waals surface area contributed by atoms with E-state index >= 15 is 0 Å². The van der Waals surface area contributed by atoms with Crippen LogP contribution in [0.4, 0.5) is 0 Å². The summed E-state index contributed by atoms with van der Waals surface area (Å²) in [6.07, 6.45) is 11.4. The highest BCUT2D eigenvalue weighted by Gasteiger charge is 2.10. The molecule has 0 heterocycles. The first-order valence-electron chi connectivity index (χ1n) is 8.86. The average Bonchev–Trinajstić information content (AvgIpc) is 2.45. The molecule has 0 rings (SSSR count). The molecule has 0 fully saturated rings. The number of rotatable bonds is 16. The van der Waals surface area contributed by atoms with E-state index < -0.39 is 12.3 Å². The van der Waals surface area contributed by atoms with Crippen LogP contribution in [0.2, 0.25) is 0 Å². The number of aliphatic hydroxyl groups is 2. The van der Waals surface area contributed by atoms with Crippen LogP contribution in [-0.4, -0.2) is 52.1 Å². The van der Waals surface area contributed by atoms with Crippen LogP contribution >= 0.6 is 0 Å². The fraction of sp³-hybridized carbons (Fsp3) is 0.941. The lowest BCUT2D eigenvalue weighted by Gasteiger charge is -2.20. The minimum absolute atomic E-state index is 0.0237. The Morgan fingerprint density at radius 2 is 1.36 bits per heavy atom. The zero-order chi connectivity index (χ0) is 16.6. The first-order chi connectivity index (χ1) is 10.6. The van der Waals surface area contributed by atoms with Crippen molar-refractivity contribution in [3.05, 3.63) is 0 Å². The van der Waals surface area contributed by atoms with Crippen molar-refractivity contribution in [2.45, 2.75) is 83.8 Å². The molecular formula is C17H35NO4. The number of hydrogen-bond acceptors (Lipinski definition) is 4. The molecule has 0 aromatic carbocycles. The predicted octanol–water partition coefficient (Wildman–Crippen LogP) is 2.99. The molecule has 0 atom stereocenters. The van der Waals surface area contributed by atoms with Gasteiger partial charge < -0.3 is 15.3 Å². The second-order valence-corrected chi connectivity index (χ2v) is 6.12. The van der Waals surface area contributed by atoms with Gasteiger partial charge in [-0.3, -0.25) is 9.69 Å². The Kier molecular flexibility index (Phi) is 14.8. The maximum atomic E-state index is 10.8. The van der Waals surface area contributed by atoms with E-state index in [2.05, 4.69) is 6.92 Å². The highest BCUT2D eigenvalue weighted by Crippen LogP contribution is 2.11. The van der Waals surface area contributed by atoms with Gasteiger partial charge in [0.2, 0.25) is 0 Å². The predicted molar refractivity (Wildman–Crippen MR) is 88.8 cm³/mol. The van der Waals surface area contributed by atoms with Crippen molar-refractivity contribution in [3.8, 4) is 0 Å². The van der Waals surface area contributed by atoms with Crippen molar-refractivity contribution in [3.63, 3.8) is 0 Å². The van der Waals surface area contributed by atoms with E-state index in [0.717, 1.165) is 19.4 Å². The van der Waals surface area contributed by atoms with Crippen molar-refractivity contribution in [1.29, 1.82) is 0 Å². The molecule has 0 aliphatic carbocycles. The van der Waals surface area contributed by atoms with Crippen molar-refractivity contribution >= 4 is 5.97 Å². The minimum atomic E-state index is -1.36. The van der Waals surface area contributed by atoms with Gasteiger partial charge in [0.15, 0.2) is 6.29 Å². The molecule has 0 saturated heterocycles. The normalized spacial score (nSPS) is 11.5. The van der Waals surface area contributed by atoms with E-state index in [1.165, 1.54) is 51.4 Å². The third-order valence-electron chi connectivity index (χ3n) is 3.89. The highest BCUT2D eigenvalue weighted by molar-refractivity contribution is 5.69. The van der Waals surface area contributed by atoms with E-state index in [9.17, 15) is 4.79 Å². The SMILES string of the molecule is CCCCCCCCCCCCN(CCC(O)O)CC(=O)O. The molecule has 22 heavy (non-hydrogen) atoms. The van der Waals surface area contributed by atoms with E-state index in [0.29, 0.717) is 6.54 Å². The fourth-order valence-electron chi connectivity index (χ4n) is 2.58. The van der Waals surface area contributed by atoms with Crippen LogP contribution in [0.15, 0.2) is 0 Å². The van der Waals surface area contributed by atoms with Gasteiger partial charge >= 0.3 is 5.97 Å². The van der Waals surface area contributed by atoms with Crippen LogP contribution in [0.25, 0.3) is 0 Å². The molecule has 0 aromatic heterocycles. The van der Waals surface area contributed by atoms with Gasteiger partial charge in [-0.05, 0) is 13.0 Å². The summed E-state index contributed by atoms with van der Waals surface area (Å²) in [7, 11) is 0. The summed E-state index contributed by atoms with van der Waals surface area (Å²) in [6, 6.07) is 0.